The summed E-state index contributed by atoms with van der Waals surface area (Å²) >= 11 is 0. The highest BCUT2D eigenvalue weighted by Gasteiger charge is 2.37. The summed E-state index contributed by atoms with van der Waals surface area (Å²) in [4.78, 5) is 35.8. The van der Waals surface area contributed by atoms with Crippen LogP contribution < -0.4 is 0 Å². The molecule has 0 heterocycles. The van der Waals surface area contributed by atoms with E-state index in [2.05, 4.69) is 33.9 Å². The lowest BCUT2D eigenvalue weighted by Gasteiger charge is -2.36. The van der Waals surface area contributed by atoms with Gasteiger partial charge in [0.2, 0.25) is 0 Å². The minimum Gasteiger partial charge on any atom is -0.465 e. The zero-order chi connectivity index (χ0) is 27.2. The van der Waals surface area contributed by atoms with Crippen molar-refractivity contribution in [1.29, 1.82) is 0 Å². The second-order valence-corrected chi connectivity index (χ2v) is 14.8. The number of unbranched alkanes of at least 4 members (excludes halogenated alkanes) is 1. The number of ketones is 1. The third-order valence-corrected chi connectivity index (χ3v) is 10.5. The highest BCUT2D eigenvalue weighted by Crippen LogP contribution is 2.36. The van der Waals surface area contributed by atoms with E-state index < -0.39 is 14.4 Å². The number of Topliss-reactive ketones (excluding diaryl/α,β-unsaturated/α-hetero) is 1. The molecule has 1 atom stereocenters. The van der Waals surface area contributed by atoms with Crippen LogP contribution in [0.25, 0.3) is 0 Å². The van der Waals surface area contributed by atoms with Crippen LogP contribution in [0.3, 0.4) is 0 Å². The molecule has 0 aromatic heterocycles. The standard InChI is InChI=1S/C28H44O6Si/c1-11-24(27(31)32-8)17-21(2)15-13-12-14-16-22(3)26(30)25(19-29)18-23(4)33-20-34-35(9,10)28(5,6)7/h11,13,15-19,23H,12,14,20H2,1-10H3/b15-13+,21-17+,22-16+,24-11+,25-18+/t23-/m1/s1. The lowest BCUT2D eigenvalue weighted by molar-refractivity contribution is -0.135. The number of ether oxygens (including phenoxy) is 2. The number of hydrogen-bond donors (Lipinski definition) is 0. The largest absolute Gasteiger partial charge is 0.465 e. The molecule has 0 rings (SSSR count). The van der Waals surface area contributed by atoms with Crippen LogP contribution in [0.4, 0.5) is 0 Å². The van der Waals surface area contributed by atoms with E-state index in [1.807, 2.05) is 25.2 Å². The maximum Gasteiger partial charge on any atom is 0.337 e. The van der Waals surface area contributed by atoms with Gasteiger partial charge < -0.3 is 13.9 Å². The second-order valence-electron chi connectivity index (χ2n) is 9.95. The van der Waals surface area contributed by atoms with Crippen LogP contribution in [0.1, 0.15) is 61.3 Å². The van der Waals surface area contributed by atoms with E-state index >= 15 is 0 Å². The number of methoxy groups -OCH3 is 1. The van der Waals surface area contributed by atoms with Crippen molar-refractivity contribution in [3.8, 4) is 0 Å². The van der Waals surface area contributed by atoms with Gasteiger partial charge in [-0.25, -0.2) is 4.79 Å². The molecule has 0 aromatic carbocycles. The normalized spacial score (nSPS) is 15.4. The Morgan fingerprint density at radius 2 is 1.69 bits per heavy atom. The fraction of sp³-hybridized carbons (Fsp3) is 0.536. The topological polar surface area (TPSA) is 78.9 Å². The third-order valence-electron chi connectivity index (χ3n) is 6.00. The van der Waals surface area contributed by atoms with Crippen LogP contribution in [0.5, 0.6) is 0 Å². The second kappa shape index (κ2) is 15.6. The van der Waals surface area contributed by atoms with Gasteiger partial charge in [-0.15, -0.1) is 0 Å². The molecule has 0 saturated heterocycles. The highest BCUT2D eigenvalue weighted by atomic mass is 28.4. The van der Waals surface area contributed by atoms with Gasteiger partial charge in [0.1, 0.15) is 6.79 Å². The van der Waals surface area contributed by atoms with Crippen LogP contribution >= 0.6 is 0 Å². The van der Waals surface area contributed by atoms with Crippen molar-refractivity contribution in [3.05, 3.63) is 58.7 Å². The van der Waals surface area contributed by atoms with Crippen molar-refractivity contribution in [3.63, 3.8) is 0 Å². The summed E-state index contributed by atoms with van der Waals surface area (Å²) in [6.45, 7) is 18.0. The molecular formula is C28H44O6Si. The number of carbonyl (C=O) groups is 3. The minimum absolute atomic E-state index is 0.0734. The summed E-state index contributed by atoms with van der Waals surface area (Å²) in [5.41, 5.74) is 2.00. The molecule has 7 heteroatoms. The molecule has 196 valence electrons. The number of allylic oxidation sites excluding steroid dienone is 7. The number of carbonyl (C=O) groups excluding carboxylic acids is 3. The number of esters is 1. The molecule has 0 aliphatic rings. The molecule has 0 N–H and O–H groups in total. The quantitative estimate of drug-likeness (QED) is 0.0313. The van der Waals surface area contributed by atoms with Crippen molar-refractivity contribution < 1.29 is 28.3 Å². The average Bonchev–Trinajstić information content (AvgIpc) is 2.78. The maximum absolute atomic E-state index is 12.7. The van der Waals surface area contributed by atoms with Gasteiger partial charge in [-0.1, -0.05) is 50.6 Å². The molecule has 0 aliphatic heterocycles. The predicted octanol–water partition coefficient (Wildman–Crippen LogP) is 6.41. The first-order valence-electron chi connectivity index (χ1n) is 11.9. The summed E-state index contributed by atoms with van der Waals surface area (Å²) < 4.78 is 16.4. The van der Waals surface area contributed by atoms with E-state index in [-0.39, 0.29) is 29.2 Å². The third kappa shape index (κ3) is 12.3. The van der Waals surface area contributed by atoms with Gasteiger partial charge in [0.05, 0.1) is 24.4 Å². The number of aldehydes is 1. The van der Waals surface area contributed by atoms with Crippen molar-refractivity contribution in [2.24, 2.45) is 0 Å². The van der Waals surface area contributed by atoms with Gasteiger partial charge >= 0.3 is 5.97 Å². The molecule has 0 radical (unpaired) electrons. The van der Waals surface area contributed by atoms with Gasteiger partial charge in [0.25, 0.3) is 0 Å². The van der Waals surface area contributed by atoms with E-state index in [0.717, 1.165) is 5.57 Å². The van der Waals surface area contributed by atoms with Crippen LogP contribution in [0.15, 0.2) is 58.7 Å². The summed E-state index contributed by atoms with van der Waals surface area (Å²) in [6.07, 6.45) is 12.2. The summed E-state index contributed by atoms with van der Waals surface area (Å²) in [6, 6.07) is 0. The molecule has 0 aliphatic carbocycles. The van der Waals surface area contributed by atoms with Crippen molar-refractivity contribution in [1.82, 2.24) is 0 Å². The molecule has 0 fully saturated rings. The Balaban J connectivity index is 4.91. The van der Waals surface area contributed by atoms with Crippen LogP contribution in [-0.2, 0) is 28.3 Å². The summed E-state index contributed by atoms with van der Waals surface area (Å²) in [5.74, 6) is -0.684. The fourth-order valence-corrected chi connectivity index (χ4v) is 3.43. The van der Waals surface area contributed by atoms with Crippen LogP contribution in [-0.4, -0.2) is 46.4 Å². The molecule has 0 bridgehead atoms. The molecule has 0 aromatic rings. The molecule has 0 spiro atoms. The first kappa shape index (κ1) is 32.6. The summed E-state index contributed by atoms with van der Waals surface area (Å²) in [5, 5.41) is 0.0734. The average molecular weight is 505 g/mol. The van der Waals surface area contributed by atoms with Gasteiger partial charge in [0, 0.05) is 0 Å². The van der Waals surface area contributed by atoms with Gasteiger partial charge in [-0.3, -0.25) is 9.59 Å². The van der Waals surface area contributed by atoms with Gasteiger partial charge in [-0.05, 0) is 76.4 Å². The first-order chi connectivity index (χ1) is 16.2. The highest BCUT2D eigenvalue weighted by molar-refractivity contribution is 6.74. The van der Waals surface area contributed by atoms with E-state index in [1.165, 1.54) is 13.2 Å². The summed E-state index contributed by atoms with van der Waals surface area (Å²) in [7, 11) is -0.578. The van der Waals surface area contributed by atoms with E-state index in [0.29, 0.717) is 30.3 Å². The molecule has 35 heavy (non-hydrogen) atoms. The van der Waals surface area contributed by atoms with Crippen LogP contribution in [0, 0.1) is 0 Å². The van der Waals surface area contributed by atoms with E-state index in [9.17, 15) is 14.4 Å². The Kier molecular flexibility index (Phi) is 14.6. The fourth-order valence-electron chi connectivity index (χ4n) is 2.63. The Morgan fingerprint density at radius 3 is 2.20 bits per heavy atom. The smallest absolute Gasteiger partial charge is 0.337 e. The first-order valence-corrected chi connectivity index (χ1v) is 14.8. The molecule has 6 nitrogen and oxygen atoms in total. The van der Waals surface area contributed by atoms with Crippen molar-refractivity contribution in [2.45, 2.75) is 85.5 Å². The van der Waals surface area contributed by atoms with Gasteiger partial charge in [0.15, 0.2) is 20.4 Å². The molecule has 0 unspecified atom stereocenters. The van der Waals surface area contributed by atoms with Crippen molar-refractivity contribution in [2.75, 3.05) is 13.9 Å². The zero-order valence-corrected chi connectivity index (χ0v) is 24.2. The number of hydrogen-bond acceptors (Lipinski definition) is 6. The minimum atomic E-state index is -1.93. The molecular weight excluding hydrogens is 460 g/mol. The Hall–Kier alpha value is -2.35. The van der Waals surface area contributed by atoms with Gasteiger partial charge in [-0.2, -0.15) is 0 Å². The lowest BCUT2D eigenvalue weighted by Crippen LogP contribution is -2.41. The number of rotatable bonds is 14. The SMILES string of the molecule is C\C=C(/C=C(C)/C=C/CC/C=C(\C)C(=O)/C(C=O)=C/[C@@H](C)OCO[Si](C)(C)C(C)(C)C)C(=O)OC. The molecule has 0 amide bonds. The van der Waals surface area contributed by atoms with E-state index in [1.54, 1.807) is 32.9 Å². The van der Waals surface area contributed by atoms with Crippen molar-refractivity contribution >= 4 is 26.4 Å². The predicted molar refractivity (Wildman–Crippen MR) is 145 cm³/mol. The zero-order valence-electron chi connectivity index (χ0n) is 23.2. The lowest BCUT2D eigenvalue weighted by atomic mass is 10.0. The maximum atomic E-state index is 12.7. The Morgan fingerprint density at radius 1 is 1.06 bits per heavy atom. The Bertz CT molecular complexity index is 882. The monoisotopic (exact) mass is 504 g/mol. The molecule has 0 saturated carbocycles. The van der Waals surface area contributed by atoms with Crippen LogP contribution in [0.2, 0.25) is 18.1 Å². The van der Waals surface area contributed by atoms with E-state index in [4.69, 9.17) is 13.9 Å². The Labute approximate surface area is 212 Å².